The number of rotatable bonds is 7. The van der Waals surface area contributed by atoms with E-state index in [1.54, 1.807) is 30.3 Å². The lowest BCUT2D eigenvalue weighted by Gasteiger charge is -2.12. The van der Waals surface area contributed by atoms with Crippen LogP contribution in [0.25, 0.3) is 0 Å². The van der Waals surface area contributed by atoms with E-state index < -0.39 is 15.8 Å². The highest BCUT2D eigenvalue weighted by molar-refractivity contribution is 7.92. The summed E-state index contributed by atoms with van der Waals surface area (Å²) < 4.78 is 45.4. The fraction of sp³-hybridized carbons (Fsp3) is 0.136. The fourth-order valence-electron chi connectivity index (χ4n) is 2.82. The third-order valence-corrected chi connectivity index (χ3v) is 5.72. The molecule has 2 N–H and O–H groups in total. The topological polar surface area (TPSA) is 84.5 Å². The molecule has 0 radical (unpaired) electrons. The molecule has 0 bridgehead atoms. The normalized spacial score (nSPS) is 11.0. The van der Waals surface area contributed by atoms with Gasteiger partial charge in [-0.2, -0.15) is 0 Å². The number of amides is 1. The smallest absolute Gasteiger partial charge is 0.261 e. The highest BCUT2D eigenvalue weighted by atomic mass is 32.2. The second-order valence-electron chi connectivity index (χ2n) is 6.69. The van der Waals surface area contributed by atoms with E-state index >= 15 is 0 Å². The Balaban J connectivity index is 1.65. The van der Waals surface area contributed by atoms with Crippen molar-refractivity contribution < 1.29 is 22.3 Å². The van der Waals surface area contributed by atoms with Gasteiger partial charge in [-0.1, -0.05) is 18.2 Å². The molecule has 0 spiro atoms. The highest BCUT2D eigenvalue weighted by Gasteiger charge is 2.14. The molecule has 0 unspecified atom stereocenters. The molecule has 1 amide bonds. The number of ether oxygens (including phenoxy) is 1. The van der Waals surface area contributed by atoms with Crippen LogP contribution >= 0.6 is 0 Å². The van der Waals surface area contributed by atoms with Crippen LogP contribution in [-0.4, -0.2) is 21.4 Å². The number of benzene rings is 3. The molecular weight excluding hydrogens is 407 g/mol. The molecule has 0 aromatic heterocycles. The van der Waals surface area contributed by atoms with Crippen LogP contribution < -0.4 is 14.8 Å². The maximum atomic E-state index is 13.0. The first-order valence-corrected chi connectivity index (χ1v) is 10.6. The van der Waals surface area contributed by atoms with E-state index in [9.17, 15) is 17.6 Å². The van der Waals surface area contributed by atoms with E-state index in [0.717, 1.165) is 17.7 Å². The van der Waals surface area contributed by atoms with Gasteiger partial charge in [0, 0.05) is 5.69 Å². The number of halogens is 1. The molecule has 30 heavy (non-hydrogen) atoms. The molecule has 6 nitrogen and oxygen atoms in total. The SMILES string of the molecule is COc1ccc(C)cc1NC(=O)Cc1ccc(NS(=O)(=O)c2ccc(F)cc2)cc1. The average molecular weight is 428 g/mol. The van der Waals surface area contributed by atoms with Crippen LogP contribution in [0.5, 0.6) is 5.75 Å². The number of hydrogen-bond acceptors (Lipinski definition) is 4. The van der Waals surface area contributed by atoms with Crippen LogP contribution in [0, 0.1) is 12.7 Å². The third kappa shape index (κ3) is 5.36. The van der Waals surface area contributed by atoms with Crippen molar-refractivity contribution in [1.82, 2.24) is 0 Å². The Morgan fingerprint density at radius 3 is 2.30 bits per heavy atom. The lowest BCUT2D eigenvalue weighted by Crippen LogP contribution is -2.15. The molecule has 3 aromatic carbocycles. The van der Waals surface area contributed by atoms with E-state index in [4.69, 9.17) is 4.74 Å². The van der Waals surface area contributed by atoms with Crippen LogP contribution in [0.3, 0.4) is 0 Å². The number of carbonyl (C=O) groups excluding carboxylic acids is 1. The minimum absolute atomic E-state index is 0.0422. The van der Waals surface area contributed by atoms with Crippen LogP contribution in [0.15, 0.2) is 71.6 Å². The molecule has 0 saturated carbocycles. The van der Waals surface area contributed by atoms with E-state index in [-0.39, 0.29) is 17.2 Å². The zero-order valence-corrected chi connectivity index (χ0v) is 17.3. The largest absolute Gasteiger partial charge is 0.495 e. The van der Waals surface area contributed by atoms with Gasteiger partial charge in [0.15, 0.2) is 0 Å². The molecule has 156 valence electrons. The van der Waals surface area contributed by atoms with Crippen molar-refractivity contribution in [3.8, 4) is 5.75 Å². The standard InChI is InChI=1S/C22H21FN2O4S/c1-15-3-12-21(29-2)20(13-15)24-22(26)14-16-4-8-18(9-5-16)25-30(27,28)19-10-6-17(23)7-11-19/h3-13,25H,14H2,1-2H3,(H,24,26). The Morgan fingerprint density at radius 1 is 1.00 bits per heavy atom. The maximum Gasteiger partial charge on any atom is 0.261 e. The van der Waals surface area contributed by atoms with E-state index in [1.165, 1.54) is 19.2 Å². The first kappa shape index (κ1) is 21.3. The van der Waals surface area contributed by atoms with Gasteiger partial charge in [0.05, 0.1) is 24.1 Å². The molecule has 0 saturated heterocycles. The number of hydrogen-bond donors (Lipinski definition) is 2. The predicted molar refractivity (Wildman–Crippen MR) is 114 cm³/mol. The number of aryl methyl sites for hydroxylation is 1. The lowest BCUT2D eigenvalue weighted by molar-refractivity contribution is -0.115. The quantitative estimate of drug-likeness (QED) is 0.593. The zero-order valence-electron chi connectivity index (χ0n) is 16.5. The van der Waals surface area contributed by atoms with Crippen LogP contribution in [0.4, 0.5) is 15.8 Å². The molecule has 3 aromatic rings. The number of nitrogens with one attached hydrogen (secondary N) is 2. The van der Waals surface area contributed by atoms with Crippen molar-refractivity contribution in [3.63, 3.8) is 0 Å². The van der Waals surface area contributed by atoms with Crippen LogP contribution in [0.1, 0.15) is 11.1 Å². The number of methoxy groups -OCH3 is 1. The van der Waals surface area contributed by atoms with Gasteiger partial charge >= 0.3 is 0 Å². The summed E-state index contributed by atoms with van der Waals surface area (Å²) in [7, 11) is -2.29. The van der Waals surface area contributed by atoms with Gasteiger partial charge in [-0.3, -0.25) is 9.52 Å². The molecule has 0 aliphatic rings. The van der Waals surface area contributed by atoms with Crippen LogP contribution in [-0.2, 0) is 21.2 Å². The molecule has 0 aliphatic carbocycles. The summed E-state index contributed by atoms with van der Waals surface area (Å²) in [5.41, 5.74) is 2.63. The van der Waals surface area contributed by atoms with Crippen molar-refractivity contribution in [1.29, 1.82) is 0 Å². The third-order valence-electron chi connectivity index (χ3n) is 4.32. The summed E-state index contributed by atoms with van der Waals surface area (Å²) in [5, 5.41) is 2.82. The van der Waals surface area contributed by atoms with E-state index in [2.05, 4.69) is 10.0 Å². The summed E-state index contributed by atoms with van der Waals surface area (Å²) in [6.07, 6.45) is 0.113. The molecule has 0 atom stereocenters. The van der Waals surface area contributed by atoms with Gasteiger partial charge in [-0.25, -0.2) is 12.8 Å². The van der Waals surface area contributed by atoms with Gasteiger partial charge in [-0.05, 0) is 66.6 Å². The summed E-state index contributed by atoms with van der Waals surface area (Å²) in [4.78, 5) is 12.3. The Labute approximate surface area is 174 Å². The Kier molecular flexibility index (Phi) is 6.37. The van der Waals surface area contributed by atoms with Crippen LogP contribution in [0.2, 0.25) is 0 Å². The van der Waals surface area contributed by atoms with Crippen molar-refractivity contribution in [2.75, 3.05) is 17.1 Å². The summed E-state index contributed by atoms with van der Waals surface area (Å²) >= 11 is 0. The first-order chi connectivity index (χ1) is 14.3. The maximum absolute atomic E-state index is 13.0. The lowest BCUT2D eigenvalue weighted by atomic mass is 10.1. The molecule has 0 aliphatic heterocycles. The molecule has 8 heteroatoms. The van der Waals surface area contributed by atoms with Crippen molar-refractivity contribution in [2.45, 2.75) is 18.2 Å². The summed E-state index contributed by atoms with van der Waals surface area (Å²) in [5.74, 6) is -0.169. The zero-order chi connectivity index (χ0) is 21.7. The number of sulfonamides is 1. The molecular formula is C22H21FN2O4S. The van der Waals surface area contributed by atoms with Crippen molar-refractivity contribution >= 4 is 27.3 Å². The van der Waals surface area contributed by atoms with Crippen molar-refractivity contribution in [3.05, 3.63) is 83.7 Å². The Hall–Kier alpha value is -3.39. The minimum atomic E-state index is -3.83. The van der Waals surface area contributed by atoms with E-state index in [0.29, 0.717) is 22.7 Å². The molecule has 0 fully saturated rings. The second kappa shape index (κ2) is 8.96. The van der Waals surface area contributed by atoms with Gasteiger partial charge in [0.1, 0.15) is 11.6 Å². The van der Waals surface area contributed by atoms with Crippen molar-refractivity contribution in [2.24, 2.45) is 0 Å². The minimum Gasteiger partial charge on any atom is -0.495 e. The van der Waals surface area contributed by atoms with Gasteiger partial charge in [-0.15, -0.1) is 0 Å². The number of carbonyl (C=O) groups is 1. The van der Waals surface area contributed by atoms with Gasteiger partial charge in [0.2, 0.25) is 5.91 Å². The average Bonchev–Trinajstić information content (AvgIpc) is 2.70. The fourth-order valence-corrected chi connectivity index (χ4v) is 3.88. The first-order valence-electron chi connectivity index (χ1n) is 9.08. The molecule has 3 rings (SSSR count). The monoisotopic (exact) mass is 428 g/mol. The summed E-state index contributed by atoms with van der Waals surface area (Å²) in [6.45, 7) is 1.92. The molecule has 0 heterocycles. The Morgan fingerprint density at radius 2 is 1.67 bits per heavy atom. The predicted octanol–water partition coefficient (Wildman–Crippen LogP) is 4.12. The number of anilines is 2. The second-order valence-corrected chi connectivity index (χ2v) is 8.37. The van der Waals surface area contributed by atoms with Gasteiger partial charge < -0.3 is 10.1 Å². The Bertz CT molecular complexity index is 1140. The van der Waals surface area contributed by atoms with Gasteiger partial charge in [0.25, 0.3) is 10.0 Å². The summed E-state index contributed by atoms with van der Waals surface area (Å²) in [6, 6.07) is 16.5. The highest BCUT2D eigenvalue weighted by Crippen LogP contribution is 2.25. The van der Waals surface area contributed by atoms with E-state index in [1.807, 2.05) is 19.1 Å².